The van der Waals surface area contributed by atoms with Crippen LogP contribution in [-0.2, 0) is 4.79 Å². The zero-order chi connectivity index (χ0) is 29.5. The quantitative estimate of drug-likeness (QED) is 0.408. The Labute approximate surface area is 232 Å². The number of ether oxygens (including phenoxy) is 2. The summed E-state index contributed by atoms with van der Waals surface area (Å²) in [6.45, 7) is 1.62. The third-order valence-corrected chi connectivity index (χ3v) is 7.59. The summed E-state index contributed by atoms with van der Waals surface area (Å²) in [6.07, 6.45) is -0.494. The van der Waals surface area contributed by atoms with Crippen LogP contribution in [0.15, 0.2) is 59.5 Å². The van der Waals surface area contributed by atoms with Gasteiger partial charge in [-0.1, -0.05) is 6.07 Å². The molecule has 2 atom stereocenters. The van der Waals surface area contributed by atoms with E-state index in [1.54, 1.807) is 23.8 Å². The standard InChI is InChI=1S/C29H27F4N3O5/c1-16-12-13-35(18-4-3-5-18)28(39)25(16)36-15-22(21-11-10-20(40-2)14-23(21)30)24(27(36)38)34-26(37)17-6-8-19(9-7-17)41-29(31,32)33/h6-14,18,22,24H,3-5,15H2,1-2H3,(H,34,37)/t22-,24?/m0/s1. The van der Waals surface area contributed by atoms with E-state index in [1.807, 2.05) is 0 Å². The number of carbonyl (C=O) groups excluding carboxylic acids is 2. The minimum absolute atomic E-state index is 0.0363. The maximum atomic E-state index is 15.2. The number of anilines is 1. The zero-order valence-corrected chi connectivity index (χ0v) is 22.2. The SMILES string of the molecule is COc1ccc([C@@H]2CN(c3c(C)ccn(C4CCC4)c3=O)C(=O)C2NC(=O)c2ccc(OC(F)(F)F)cc2)c(F)c1. The lowest BCUT2D eigenvalue weighted by molar-refractivity contribution is -0.274. The molecular weight excluding hydrogens is 546 g/mol. The van der Waals surface area contributed by atoms with Crippen LogP contribution in [0.4, 0.5) is 23.2 Å². The molecule has 1 aliphatic heterocycles. The van der Waals surface area contributed by atoms with E-state index in [9.17, 15) is 27.6 Å². The Balaban J connectivity index is 1.49. The average Bonchev–Trinajstić information content (AvgIpc) is 3.19. The van der Waals surface area contributed by atoms with Crippen LogP contribution in [0, 0.1) is 12.7 Å². The Kier molecular flexibility index (Phi) is 7.50. The van der Waals surface area contributed by atoms with E-state index in [0.717, 1.165) is 49.6 Å². The van der Waals surface area contributed by atoms with Crippen LogP contribution in [0.5, 0.6) is 11.5 Å². The molecule has 2 amide bonds. The highest BCUT2D eigenvalue weighted by atomic mass is 19.4. The molecule has 1 aromatic heterocycles. The highest BCUT2D eigenvalue weighted by Gasteiger charge is 2.45. The number of hydrogen-bond donors (Lipinski definition) is 1. The third kappa shape index (κ3) is 5.63. The number of pyridine rings is 1. The predicted octanol–water partition coefficient (Wildman–Crippen LogP) is 4.86. The molecule has 1 saturated carbocycles. The van der Waals surface area contributed by atoms with Crippen LogP contribution in [0.25, 0.3) is 0 Å². The number of halogens is 4. The van der Waals surface area contributed by atoms with Gasteiger partial charge in [0.2, 0.25) is 5.91 Å². The number of aromatic nitrogens is 1. The van der Waals surface area contributed by atoms with Crippen LogP contribution >= 0.6 is 0 Å². The first-order valence-corrected chi connectivity index (χ1v) is 13.0. The summed E-state index contributed by atoms with van der Waals surface area (Å²) in [4.78, 5) is 41.8. The lowest BCUT2D eigenvalue weighted by Gasteiger charge is -2.29. The number of nitrogens with zero attached hydrogens (tertiary/aromatic N) is 2. The van der Waals surface area contributed by atoms with Crippen molar-refractivity contribution in [1.29, 1.82) is 0 Å². The Hall–Kier alpha value is -4.35. The number of nitrogens with one attached hydrogen (secondary N) is 1. The number of carbonyl (C=O) groups is 2. The molecule has 1 aliphatic carbocycles. The molecule has 0 radical (unpaired) electrons. The van der Waals surface area contributed by atoms with Crippen LogP contribution in [0.1, 0.15) is 52.7 Å². The van der Waals surface area contributed by atoms with Crippen molar-refractivity contribution in [1.82, 2.24) is 9.88 Å². The van der Waals surface area contributed by atoms with Crippen LogP contribution in [0.3, 0.4) is 0 Å². The van der Waals surface area contributed by atoms with Gasteiger partial charge in [-0.3, -0.25) is 14.4 Å². The molecule has 2 heterocycles. The van der Waals surface area contributed by atoms with E-state index in [1.165, 1.54) is 24.1 Å². The molecule has 2 fully saturated rings. The van der Waals surface area contributed by atoms with Crippen molar-refractivity contribution in [3.05, 3.63) is 87.6 Å². The second kappa shape index (κ2) is 10.9. The first-order valence-electron chi connectivity index (χ1n) is 13.0. The minimum atomic E-state index is -4.90. The molecule has 0 bridgehead atoms. The number of rotatable bonds is 7. The van der Waals surface area contributed by atoms with E-state index < -0.39 is 41.7 Å². The highest BCUT2D eigenvalue weighted by Crippen LogP contribution is 2.36. The molecule has 1 unspecified atom stereocenters. The van der Waals surface area contributed by atoms with Crippen molar-refractivity contribution < 1.29 is 36.6 Å². The number of alkyl halides is 3. The summed E-state index contributed by atoms with van der Waals surface area (Å²) in [5.74, 6) is -3.18. The van der Waals surface area contributed by atoms with E-state index in [4.69, 9.17) is 4.74 Å². The molecule has 216 valence electrons. The molecular formula is C29H27F4N3O5. The van der Waals surface area contributed by atoms with Crippen LogP contribution in [-0.4, -0.2) is 42.4 Å². The van der Waals surface area contributed by atoms with E-state index in [-0.39, 0.29) is 40.7 Å². The number of methoxy groups -OCH3 is 1. The summed E-state index contributed by atoms with van der Waals surface area (Å²) in [5, 5.41) is 2.62. The maximum absolute atomic E-state index is 15.2. The van der Waals surface area contributed by atoms with Gasteiger partial charge in [0.25, 0.3) is 11.5 Å². The number of amides is 2. The van der Waals surface area contributed by atoms with Gasteiger partial charge in [-0.15, -0.1) is 13.2 Å². The van der Waals surface area contributed by atoms with Gasteiger partial charge in [0.05, 0.1) is 7.11 Å². The van der Waals surface area contributed by atoms with Gasteiger partial charge in [0, 0.05) is 36.3 Å². The summed E-state index contributed by atoms with van der Waals surface area (Å²) >= 11 is 0. The Morgan fingerprint density at radius 3 is 2.29 bits per heavy atom. The highest BCUT2D eigenvalue weighted by molar-refractivity contribution is 6.05. The second-order valence-electron chi connectivity index (χ2n) is 10.1. The molecule has 1 saturated heterocycles. The van der Waals surface area contributed by atoms with Crippen molar-refractivity contribution in [3.8, 4) is 11.5 Å². The third-order valence-electron chi connectivity index (χ3n) is 7.59. The van der Waals surface area contributed by atoms with Gasteiger partial charge in [0.1, 0.15) is 29.0 Å². The normalized spacial score (nSPS) is 19.2. The molecule has 0 spiro atoms. The predicted molar refractivity (Wildman–Crippen MR) is 141 cm³/mol. The summed E-state index contributed by atoms with van der Waals surface area (Å²) in [7, 11) is 1.38. The van der Waals surface area contributed by atoms with Crippen molar-refractivity contribution in [3.63, 3.8) is 0 Å². The van der Waals surface area contributed by atoms with Crippen molar-refractivity contribution in [2.75, 3.05) is 18.6 Å². The van der Waals surface area contributed by atoms with Crippen molar-refractivity contribution in [2.24, 2.45) is 0 Å². The summed E-state index contributed by atoms with van der Waals surface area (Å²) in [6, 6.07) is 8.86. The average molecular weight is 574 g/mol. The fourth-order valence-electron chi connectivity index (χ4n) is 5.25. The Bertz CT molecular complexity index is 1530. The molecule has 8 nitrogen and oxygen atoms in total. The molecule has 2 aliphatic rings. The molecule has 3 aromatic rings. The lowest BCUT2D eigenvalue weighted by atomic mass is 9.92. The van der Waals surface area contributed by atoms with E-state index >= 15 is 4.39 Å². The zero-order valence-electron chi connectivity index (χ0n) is 22.2. The number of hydrogen-bond acceptors (Lipinski definition) is 5. The second-order valence-corrected chi connectivity index (χ2v) is 10.1. The Morgan fingerprint density at radius 2 is 1.71 bits per heavy atom. The smallest absolute Gasteiger partial charge is 0.497 e. The Morgan fingerprint density at radius 1 is 1.02 bits per heavy atom. The largest absolute Gasteiger partial charge is 0.573 e. The van der Waals surface area contributed by atoms with Gasteiger partial charge < -0.3 is 24.3 Å². The topological polar surface area (TPSA) is 89.9 Å². The maximum Gasteiger partial charge on any atom is 0.573 e. The van der Waals surface area contributed by atoms with Gasteiger partial charge in [-0.05, 0) is 73.7 Å². The number of benzene rings is 2. The van der Waals surface area contributed by atoms with Gasteiger partial charge in [0.15, 0.2) is 0 Å². The van der Waals surface area contributed by atoms with Gasteiger partial charge >= 0.3 is 6.36 Å². The first-order chi connectivity index (χ1) is 19.5. The van der Waals surface area contributed by atoms with Gasteiger partial charge in [-0.2, -0.15) is 0 Å². The van der Waals surface area contributed by atoms with Crippen molar-refractivity contribution >= 4 is 17.5 Å². The lowest BCUT2D eigenvalue weighted by Crippen LogP contribution is -2.45. The van der Waals surface area contributed by atoms with Crippen molar-refractivity contribution in [2.45, 2.75) is 50.6 Å². The van der Waals surface area contributed by atoms with Crippen LogP contribution in [0.2, 0.25) is 0 Å². The monoisotopic (exact) mass is 573 g/mol. The molecule has 12 heteroatoms. The van der Waals surface area contributed by atoms with Gasteiger partial charge in [-0.25, -0.2) is 4.39 Å². The fraction of sp³-hybridized carbons (Fsp3) is 0.345. The van der Waals surface area contributed by atoms with E-state index in [0.29, 0.717) is 5.56 Å². The van der Waals surface area contributed by atoms with Crippen LogP contribution < -0.4 is 25.2 Å². The molecule has 2 aromatic carbocycles. The summed E-state index contributed by atoms with van der Waals surface area (Å²) < 4.78 is 63.3. The first kappa shape index (κ1) is 28.2. The summed E-state index contributed by atoms with van der Waals surface area (Å²) in [5.41, 5.74) is 0.467. The fourth-order valence-corrected chi connectivity index (χ4v) is 5.25. The van der Waals surface area contributed by atoms with E-state index in [2.05, 4.69) is 10.1 Å². The minimum Gasteiger partial charge on any atom is -0.497 e. The molecule has 5 rings (SSSR count). The molecule has 41 heavy (non-hydrogen) atoms. The molecule has 1 N–H and O–H groups in total. The number of aryl methyl sites for hydroxylation is 1.